The van der Waals surface area contributed by atoms with Crippen molar-refractivity contribution in [2.45, 2.75) is 26.2 Å². The van der Waals surface area contributed by atoms with Crippen LogP contribution >= 0.6 is 0 Å². The maximum atomic E-state index is 4.32. The first-order valence-corrected chi connectivity index (χ1v) is 6.47. The molecule has 0 atom stereocenters. The largest absolute Gasteiger partial charge is 0.385 e. The van der Waals surface area contributed by atoms with Gasteiger partial charge in [0.15, 0.2) is 0 Å². The first kappa shape index (κ1) is 12.7. The number of nitrogens with zero attached hydrogens (tertiary/aromatic N) is 2. The van der Waals surface area contributed by atoms with Crippen LogP contribution in [0.2, 0.25) is 0 Å². The number of nitrogens with one attached hydrogen (secondary N) is 1. The number of imidazole rings is 1. The molecule has 3 nitrogen and oxygen atoms in total. The monoisotopic (exact) mass is 243 g/mol. The second-order valence-electron chi connectivity index (χ2n) is 4.91. The molecule has 0 radical (unpaired) electrons. The lowest BCUT2D eigenvalue weighted by molar-refractivity contribution is 0.789. The summed E-state index contributed by atoms with van der Waals surface area (Å²) in [4.78, 5) is 4.32. The van der Waals surface area contributed by atoms with Crippen LogP contribution < -0.4 is 5.32 Å². The third-order valence-electron chi connectivity index (χ3n) is 3.15. The Morgan fingerprint density at radius 2 is 2.17 bits per heavy atom. The highest BCUT2D eigenvalue weighted by Gasteiger charge is 2.01. The zero-order chi connectivity index (χ0) is 13.0. The van der Waals surface area contributed by atoms with E-state index in [1.54, 1.807) is 0 Å². The molecule has 1 heterocycles. The molecule has 0 saturated heterocycles. The molecule has 0 spiro atoms. The predicted molar refractivity (Wildman–Crippen MR) is 75.9 cm³/mol. The van der Waals surface area contributed by atoms with Crippen molar-refractivity contribution >= 4 is 5.69 Å². The Hall–Kier alpha value is -1.77. The Labute approximate surface area is 109 Å². The first-order chi connectivity index (χ1) is 8.66. The molecule has 1 aromatic carbocycles. The van der Waals surface area contributed by atoms with Gasteiger partial charge in [0.25, 0.3) is 0 Å². The van der Waals surface area contributed by atoms with Crippen LogP contribution in [-0.2, 0) is 13.5 Å². The molecule has 1 N–H and O–H groups in total. The maximum absolute atomic E-state index is 4.32. The fourth-order valence-electron chi connectivity index (χ4n) is 1.96. The number of hydrogen-bond acceptors (Lipinski definition) is 2. The summed E-state index contributed by atoms with van der Waals surface area (Å²) in [6.07, 6.45) is 4.76. The highest BCUT2D eigenvalue weighted by atomic mass is 15.0. The topological polar surface area (TPSA) is 29.9 Å². The van der Waals surface area contributed by atoms with Crippen molar-refractivity contribution in [2.24, 2.45) is 7.05 Å². The smallest absolute Gasteiger partial charge is 0.110 e. The molecule has 2 aromatic rings. The molecule has 0 bridgehead atoms. The molecule has 2 rings (SSSR count). The fourth-order valence-corrected chi connectivity index (χ4v) is 1.96. The van der Waals surface area contributed by atoms with Crippen molar-refractivity contribution in [3.63, 3.8) is 0 Å². The van der Waals surface area contributed by atoms with E-state index in [0.29, 0.717) is 5.92 Å². The molecule has 3 heteroatoms. The number of hydrogen-bond donors (Lipinski definition) is 1. The highest BCUT2D eigenvalue weighted by Crippen LogP contribution is 2.18. The fraction of sp³-hybridized carbons (Fsp3) is 0.400. The van der Waals surface area contributed by atoms with Gasteiger partial charge in [-0.25, -0.2) is 4.98 Å². The maximum Gasteiger partial charge on any atom is 0.110 e. The van der Waals surface area contributed by atoms with Gasteiger partial charge in [-0.15, -0.1) is 0 Å². The Kier molecular flexibility index (Phi) is 4.03. The number of benzene rings is 1. The summed E-state index contributed by atoms with van der Waals surface area (Å²) >= 11 is 0. The van der Waals surface area contributed by atoms with Gasteiger partial charge in [0.2, 0.25) is 0 Å². The summed E-state index contributed by atoms with van der Waals surface area (Å²) < 4.78 is 2.06. The van der Waals surface area contributed by atoms with Crippen molar-refractivity contribution in [2.75, 3.05) is 11.9 Å². The van der Waals surface area contributed by atoms with Gasteiger partial charge < -0.3 is 9.88 Å². The van der Waals surface area contributed by atoms with Crippen LogP contribution in [0.25, 0.3) is 0 Å². The average Bonchev–Trinajstić information content (AvgIpc) is 2.76. The zero-order valence-corrected chi connectivity index (χ0v) is 11.4. The molecule has 0 fully saturated rings. The second-order valence-corrected chi connectivity index (χ2v) is 4.91. The van der Waals surface area contributed by atoms with E-state index in [1.807, 2.05) is 19.4 Å². The Bertz CT molecular complexity index is 500. The van der Waals surface area contributed by atoms with Crippen LogP contribution in [-0.4, -0.2) is 16.1 Å². The average molecular weight is 243 g/mol. The molecule has 0 saturated carbocycles. The Balaban J connectivity index is 1.90. The van der Waals surface area contributed by atoms with Crippen LogP contribution in [0.15, 0.2) is 36.7 Å². The zero-order valence-electron chi connectivity index (χ0n) is 11.4. The molecule has 0 unspecified atom stereocenters. The van der Waals surface area contributed by atoms with Crippen molar-refractivity contribution < 1.29 is 0 Å². The quantitative estimate of drug-likeness (QED) is 0.874. The van der Waals surface area contributed by atoms with Crippen LogP contribution in [0, 0.1) is 0 Å². The first-order valence-electron chi connectivity index (χ1n) is 6.47. The van der Waals surface area contributed by atoms with Gasteiger partial charge in [0, 0.05) is 38.1 Å². The lowest BCUT2D eigenvalue weighted by Crippen LogP contribution is -2.08. The third kappa shape index (κ3) is 3.13. The van der Waals surface area contributed by atoms with Crippen LogP contribution in [0.1, 0.15) is 31.2 Å². The minimum atomic E-state index is 0.571. The summed E-state index contributed by atoms with van der Waals surface area (Å²) in [7, 11) is 2.03. The normalized spacial score (nSPS) is 10.9. The number of rotatable bonds is 5. The highest BCUT2D eigenvalue weighted by molar-refractivity contribution is 5.46. The number of aryl methyl sites for hydroxylation is 1. The van der Waals surface area contributed by atoms with Gasteiger partial charge >= 0.3 is 0 Å². The molecule has 0 aliphatic carbocycles. The molecule has 0 amide bonds. The van der Waals surface area contributed by atoms with Crippen LogP contribution in [0.5, 0.6) is 0 Å². The van der Waals surface area contributed by atoms with Gasteiger partial charge in [-0.1, -0.05) is 26.0 Å². The summed E-state index contributed by atoms with van der Waals surface area (Å²) in [6.45, 7) is 5.34. The Morgan fingerprint density at radius 3 is 2.83 bits per heavy atom. The summed E-state index contributed by atoms with van der Waals surface area (Å²) in [5, 5.41) is 3.45. The van der Waals surface area contributed by atoms with Gasteiger partial charge in [-0.3, -0.25) is 0 Å². The van der Waals surface area contributed by atoms with Crippen LogP contribution in [0.3, 0.4) is 0 Å². The molecule has 1 aromatic heterocycles. The molecular weight excluding hydrogens is 222 g/mol. The predicted octanol–water partition coefficient (Wildman–Crippen LogP) is 3.20. The molecule has 96 valence electrons. The number of aromatic nitrogens is 2. The molecule has 0 aliphatic rings. The third-order valence-corrected chi connectivity index (χ3v) is 3.15. The van der Waals surface area contributed by atoms with Crippen molar-refractivity contribution in [1.82, 2.24) is 9.55 Å². The van der Waals surface area contributed by atoms with E-state index < -0.39 is 0 Å². The van der Waals surface area contributed by atoms with E-state index in [1.165, 1.54) is 11.3 Å². The van der Waals surface area contributed by atoms with Gasteiger partial charge in [0.05, 0.1) is 0 Å². The van der Waals surface area contributed by atoms with Crippen molar-refractivity contribution in [1.29, 1.82) is 0 Å². The minimum absolute atomic E-state index is 0.571. The number of anilines is 1. The van der Waals surface area contributed by atoms with E-state index in [-0.39, 0.29) is 0 Å². The summed E-state index contributed by atoms with van der Waals surface area (Å²) in [5.74, 6) is 1.68. The lowest BCUT2D eigenvalue weighted by atomic mass is 10.0. The van der Waals surface area contributed by atoms with Crippen molar-refractivity contribution in [3.8, 4) is 0 Å². The van der Waals surface area contributed by atoms with E-state index in [2.05, 4.69) is 53.0 Å². The van der Waals surface area contributed by atoms with E-state index in [9.17, 15) is 0 Å². The molecule has 18 heavy (non-hydrogen) atoms. The van der Waals surface area contributed by atoms with E-state index in [4.69, 9.17) is 0 Å². The van der Waals surface area contributed by atoms with Gasteiger partial charge in [-0.2, -0.15) is 0 Å². The SMILES string of the molecule is CC(C)c1cccc(NCCc2nccn2C)c1. The second kappa shape index (κ2) is 5.71. The standard InChI is InChI=1S/C15H21N3/c1-12(2)13-5-4-6-14(11-13)16-8-7-15-17-9-10-18(15)3/h4-6,9-12,16H,7-8H2,1-3H3. The lowest BCUT2D eigenvalue weighted by Gasteiger charge is -2.10. The molecular formula is C15H21N3. The van der Waals surface area contributed by atoms with E-state index in [0.717, 1.165) is 18.8 Å². The minimum Gasteiger partial charge on any atom is -0.385 e. The van der Waals surface area contributed by atoms with Gasteiger partial charge in [0.1, 0.15) is 5.82 Å². The van der Waals surface area contributed by atoms with Gasteiger partial charge in [-0.05, 0) is 23.6 Å². The van der Waals surface area contributed by atoms with Crippen molar-refractivity contribution in [3.05, 3.63) is 48.0 Å². The van der Waals surface area contributed by atoms with E-state index >= 15 is 0 Å². The molecule has 0 aliphatic heterocycles. The summed E-state index contributed by atoms with van der Waals surface area (Å²) in [6, 6.07) is 8.63. The summed E-state index contributed by atoms with van der Waals surface area (Å²) in [5.41, 5.74) is 2.56. The van der Waals surface area contributed by atoms with Crippen LogP contribution in [0.4, 0.5) is 5.69 Å². The Morgan fingerprint density at radius 1 is 1.33 bits per heavy atom.